The van der Waals surface area contributed by atoms with Crippen molar-refractivity contribution >= 4 is 35.1 Å². The third-order valence-electron chi connectivity index (χ3n) is 6.30. The Morgan fingerprint density at radius 2 is 1.89 bits per heavy atom. The smallest absolute Gasteiger partial charge is 0.410 e. The first-order chi connectivity index (χ1) is 18.0. The minimum absolute atomic E-state index is 0.0703. The summed E-state index contributed by atoms with van der Waals surface area (Å²) in [7, 11) is 1.74. The standard InChI is InChI=1S/C27H32Cl2FN5O3/c1-16(23-20(28)6-7-21(30)24(23)29)37-22-12-17(13-32-25(22)31-5)18-14-33-35(15-18)19-8-10-34(11-9-19)26(36)38-27(2,3)4/h6-7,12-16,19H,8-11H2,1-5H3,(H,31,32)/t16-/m1/s1. The molecule has 1 aliphatic rings. The average Bonchev–Trinajstić information content (AvgIpc) is 3.36. The molecule has 2 aromatic heterocycles. The number of rotatable bonds is 6. The molecule has 3 heterocycles. The number of halogens is 3. The normalized spacial score (nSPS) is 15.3. The van der Waals surface area contributed by atoms with E-state index in [0.717, 1.165) is 24.0 Å². The maximum Gasteiger partial charge on any atom is 0.410 e. The van der Waals surface area contributed by atoms with E-state index in [9.17, 15) is 9.18 Å². The largest absolute Gasteiger partial charge is 0.482 e. The van der Waals surface area contributed by atoms with Crippen LogP contribution in [0.15, 0.2) is 36.8 Å². The predicted octanol–water partition coefficient (Wildman–Crippen LogP) is 7.14. The van der Waals surface area contributed by atoms with Gasteiger partial charge in [-0.3, -0.25) is 4.68 Å². The highest BCUT2D eigenvalue weighted by Gasteiger charge is 2.28. The summed E-state index contributed by atoms with van der Waals surface area (Å²) in [4.78, 5) is 18.6. The second kappa shape index (κ2) is 11.4. The lowest BCUT2D eigenvalue weighted by Crippen LogP contribution is -2.42. The summed E-state index contributed by atoms with van der Waals surface area (Å²) < 4.78 is 27.6. The number of aromatic nitrogens is 3. The zero-order valence-electron chi connectivity index (χ0n) is 22.1. The van der Waals surface area contributed by atoms with Crippen molar-refractivity contribution in [2.75, 3.05) is 25.5 Å². The van der Waals surface area contributed by atoms with Crippen LogP contribution in [0.25, 0.3) is 11.1 Å². The maximum absolute atomic E-state index is 14.1. The van der Waals surface area contributed by atoms with Crippen LogP contribution in [-0.2, 0) is 4.74 Å². The lowest BCUT2D eigenvalue weighted by Gasteiger charge is -2.33. The molecule has 0 unspecified atom stereocenters. The first-order valence-electron chi connectivity index (χ1n) is 12.5. The summed E-state index contributed by atoms with van der Waals surface area (Å²) in [5.41, 5.74) is 1.53. The number of anilines is 1. The molecule has 3 aromatic rings. The predicted molar refractivity (Wildman–Crippen MR) is 147 cm³/mol. The Morgan fingerprint density at radius 3 is 2.55 bits per heavy atom. The van der Waals surface area contributed by atoms with E-state index in [1.54, 1.807) is 31.3 Å². The van der Waals surface area contributed by atoms with E-state index in [1.807, 2.05) is 37.7 Å². The van der Waals surface area contributed by atoms with Crippen molar-refractivity contribution in [3.05, 3.63) is 58.2 Å². The molecule has 4 rings (SSSR count). The number of piperidine rings is 1. The van der Waals surface area contributed by atoms with Crippen LogP contribution in [0.4, 0.5) is 15.0 Å². The Labute approximate surface area is 232 Å². The van der Waals surface area contributed by atoms with Crippen molar-refractivity contribution < 1.29 is 18.7 Å². The highest BCUT2D eigenvalue weighted by atomic mass is 35.5. The average molecular weight is 564 g/mol. The second-order valence-corrected chi connectivity index (χ2v) is 11.0. The van der Waals surface area contributed by atoms with Crippen LogP contribution in [0.5, 0.6) is 5.75 Å². The summed E-state index contributed by atoms with van der Waals surface area (Å²) in [6.07, 6.45) is 6.12. The molecule has 0 saturated carbocycles. The Hall–Kier alpha value is -3.04. The van der Waals surface area contributed by atoms with E-state index in [0.29, 0.717) is 35.2 Å². The van der Waals surface area contributed by atoms with Gasteiger partial charge in [-0.15, -0.1) is 0 Å². The number of likely N-dealkylation sites (tertiary alicyclic amines) is 1. The van der Waals surface area contributed by atoms with E-state index in [4.69, 9.17) is 32.7 Å². The Kier molecular flexibility index (Phi) is 8.37. The summed E-state index contributed by atoms with van der Waals surface area (Å²) in [5, 5.41) is 7.84. The van der Waals surface area contributed by atoms with Gasteiger partial charge in [0.05, 0.1) is 17.3 Å². The third kappa shape index (κ3) is 6.32. The van der Waals surface area contributed by atoms with Crippen molar-refractivity contribution in [2.45, 2.75) is 58.3 Å². The first-order valence-corrected chi connectivity index (χ1v) is 13.2. The first kappa shape index (κ1) is 28.0. The van der Waals surface area contributed by atoms with Crippen molar-refractivity contribution in [3.8, 4) is 16.9 Å². The van der Waals surface area contributed by atoms with Gasteiger partial charge in [-0.05, 0) is 58.7 Å². The van der Waals surface area contributed by atoms with Gasteiger partial charge in [0.1, 0.15) is 17.5 Å². The number of hydrogen-bond acceptors (Lipinski definition) is 6. The molecular formula is C27H32Cl2FN5O3. The molecule has 1 aliphatic heterocycles. The minimum Gasteiger partial charge on any atom is -0.482 e. The van der Waals surface area contributed by atoms with Gasteiger partial charge in [0.15, 0.2) is 11.6 Å². The summed E-state index contributed by atoms with van der Waals surface area (Å²) >= 11 is 12.5. The number of pyridine rings is 1. The van der Waals surface area contributed by atoms with Gasteiger partial charge in [0, 0.05) is 54.2 Å². The molecule has 0 radical (unpaired) electrons. The molecule has 1 saturated heterocycles. The van der Waals surface area contributed by atoms with Crippen LogP contribution < -0.4 is 10.1 Å². The molecule has 11 heteroatoms. The highest BCUT2D eigenvalue weighted by molar-refractivity contribution is 6.36. The molecule has 1 amide bonds. The number of carbonyl (C=O) groups is 1. The molecule has 1 atom stereocenters. The zero-order valence-corrected chi connectivity index (χ0v) is 23.6. The Balaban J connectivity index is 1.48. The van der Waals surface area contributed by atoms with Crippen molar-refractivity contribution in [3.63, 3.8) is 0 Å². The van der Waals surface area contributed by atoms with Crippen LogP contribution >= 0.6 is 23.2 Å². The minimum atomic E-state index is -0.632. The molecule has 0 bridgehead atoms. The second-order valence-electron chi connectivity index (χ2n) is 10.2. The molecule has 1 aromatic carbocycles. The summed E-state index contributed by atoms with van der Waals surface area (Å²) in [5.74, 6) is 0.421. The van der Waals surface area contributed by atoms with E-state index in [1.165, 1.54) is 12.1 Å². The zero-order chi connectivity index (χ0) is 27.6. The van der Waals surface area contributed by atoms with E-state index >= 15 is 0 Å². The molecule has 1 fully saturated rings. The molecule has 0 spiro atoms. The van der Waals surface area contributed by atoms with Crippen LogP contribution in [0.3, 0.4) is 0 Å². The molecule has 38 heavy (non-hydrogen) atoms. The van der Waals surface area contributed by atoms with E-state index in [-0.39, 0.29) is 17.2 Å². The van der Waals surface area contributed by atoms with Gasteiger partial charge in [-0.2, -0.15) is 5.10 Å². The van der Waals surface area contributed by atoms with Gasteiger partial charge >= 0.3 is 6.09 Å². The molecule has 0 aliphatic carbocycles. The quantitative estimate of drug-likeness (QED) is 0.321. The number of nitrogens with zero attached hydrogens (tertiary/aromatic N) is 4. The van der Waals surface area contributed by atoms with Crippen LogP contribution in [0, 0.1) is 5.82 Å². The van der Waals surface area contributed by atoms with Crippen LogP contribution in [-0.4, -0.2) is 51.5 Å². The maximum atomic E-state index is 14.1. The number of carbonyl (C=O) groups excluding carboxylic acids is 1. The van der Waals surface area contributed by atoms with Crippen molar-refractivity contribution in [2.24, 2.45) is 0 Å². The molecule has 1 N–H and O–H groups in total. The summed E-state index contributed by atoms with van der Waals surface area (Å²) in [6.45, 7) is 8.56. The van der Waals surface area contributed by atoms with Crippen LogP contribution in [0.1, 0.15) is 58.2 Å². The SMILES string of the molecule is CNc1ncc(-c2cnn(C3CCN(C(=O)OC(C)(C)C)CC3)c2)cc1O[C@H](C)c1c(Cl)ccc(F)c1Cl. The van der Waals surface area contributed by atoms with Crippen molar-refractivity contribution in [1.29, 1.82) is 0 Å². The number of hydrogen-bond donors (Lipinski definition) is 1. The number of ether oxygens (including phenoxy) is 2. The van der Waals surface area contributed by atoms with Gasteiger partial charge < -0.3 is 19.7 Å². The fourth-order valence-electron chi connectivity index (χ4n) is 4.37. The molecule has 204 valence electrons. The fraction of sp³-hybridized carbons (Fsp3) is 0.444. The lowest BCUT2D eigenvalue weighted by atomic mass is 10.1. The topological polar surface area (TPSA) is 81.5 Å². The lowest BCUT2D eigenvalue weighted by molar-refractivity contribution is 0.0185. The van der Waals surface area contributed by atoms with Gasteiger partial charge in [-0.25, -0.2) is 14.2 Å². The fourth-order valence-corrected chi connectivity index (χ4v) is 5.05. The number of nitrogens with one attached hydrogen (secondary N) is 1. The van der Waals surface area contributed by atoms with Crippen LogP contribution in [0.2, 0.25) is 10.0 Å². The number of benzene rings is 1. The van der Waals surface area contributed by atoms with Crippen molar-refractivity contribution in [1.82, 2.24) is 19.7 Å². The Bertz CT molecular complexity index is 1300. The highest BCUT2D eigenvalue weighted by Crippen LogP contribution is 2.37. The molecular weight excluding hydrogens is 532 g/mol. The van der Waals surface area contributed by atoms with Gasteiger partial charge in [-0.1, -0.05) is 23.2 Å². The summed E-state index contributed by atoms with van der Waals surface area (Å²) in [6, 6.07) is 4.70. The monoisotopic (exact) mass is 563 g/mol. The van der Waals surface area contributed by atoms with Gasteiger partial charge in [0.2, 0.25) is 0 Å². The van der Waals surface area contributed by atoms with E-state index < -0.39 is 17.5 Å². The molecule has 8 nitrogen and oxygen atoms in total. The van der Waals surface area contributed by atoms with E-state index in [2.05, 4.69) is 15.4 Å². The number of amides is 1. The Morgan fingerprint density at radius 1 is 1.18 bits per heavy atom. The third-order valence-corrected chi connectivity index (χ3v) is 7.02. The van der Waals surface area contributed by atoms with Gasteiger partial charge in [0.25, 0.3) is 0 Å².